The molecule has 0 fully saturated rings. The minimum Gasteiger partial charge on any atom is -0.311 e. The Kier molecular flexibility index (Phi) is 6.14. The van der Waals surface area contributed by atoms with Crippen molar-refractivity contribution in [3.05, 3.63) is 103 Å². The number of aromatic nitrogens is 5. The molecule has 0 amide bonds. The molecule has 8 heteroatoms. The van der Waals surface area contributed by atoms with Crippen LogP contribution in [0, 0.1) is 27.7 Å². The van der Waals surface area contributed by atoms with Crippen molar-refractivity contribution in [2.24, 2.45) is 0 Å². The minimum atomic E-state index is -0.533. The third kappa shape index (κ3) is 4.75. The van der Waals surface area contributed by atoms with E-state index in [1.807, 2.05) is 18.4 Å². The van der Waals surface area contributed by atoms with Crippen molar-refractivity contribution in [1.82, 2.24) is 24.7 Å². The summed E-state index contributed by atoms with van der Waals surface area (Å²) in [7, 11) is 0. The smallest absolute Gasteiger partial charge is 0.311 e. The second kappa shape index (κ2) is 9.00. The number of nitrogens with one attached hydrogen (secondary N) is 2. The molecular weight excluding hydrogens is 422 g/mol. The van der Waals surface area contributed by atoms with E-state index in [-0.39, 0.29) is 6.42 Å². The zero-order chi connectivity index (χ0) is 22.8. The van der Waals surface area contributed by atoms with Gasteiger partial charge in [0, 0.05) is 23.9 Å². The Hall–Kier alpha value is -3.39. The van der Waals surface area contributed by atoms with Crippen LogP contribution in [0.25, 0.3) is 5.69 Å². The second-order valence-electron chi connectivity index (χ2n) is 8.03. The summed E-state index contributed by atoms with van der Waals surface area (Å²) in [4.78, 5) is 28.4. The number of benzene rings is 2. The van der Waals surface area contributed by atoms with Gasteiger partial charge < -0.3 is 4.98 Å². The van der Waals surface area contributed by atoms with Gasteiger partial charge in [-0.25, -0.2) is 4.79 Å². The zero-order valence-electron chi connectivity index (χ0n) is 18.5. The fourth-order valence-corrected chi connectivity index (χ4v) is 4.62. The molecule has 0 spiro atoms. The fraction of sp³-hybridized carbons (Fsp3) is 0.250. The Morgan fingerprint density at radius 2 is 1.59 bits per heavy atom. The lowest BCUT2D eigenvalue weighted by molar-refractivity contribution is 0.823. The van der Waals surface area contributed by atoms with Crippen LogP contribution in [-0.2, 0) is 12.2 Å². The van der Waals surface area contributed by atoms with E-state index >= 15 is 0 Å². The summed E-state index contributed by atoms with van der Waals surface area (Å²) < 4.78 is 2.03. The number of thioether (sulfide) groups is 1. The monoisotopic (exact) mass is 447 g/mol. The van der Waals surface area contributed by atoms with Crippen LogP contribution >= 0.6 is 11.8 Å². The second-order valence-corrected chi connectivity index (χ2v) is 8.97. The summed E-state index contributed by atoms with van der Waals surface area (Å²) in [5.41, 5.74) is 6.43. The molecule has 0 aliphatic rings. The van der Waals surface area contributed by atoms with Gasteiger partial charge in [0.1, 0.15) is 5.82 Å². The molecule has 2 heterocycles. The van der Waals surface area contributed by atoms with Gasteiger partial charge in [-0.3, -0.25) is 14.3 Å². The number of nitrogens with zero attached hydrogens (tertiary/aromatic N) is 3. The Morgan fingerprint density at radius 1 is 0.875 bits per heavy atom. The van der Waals surface area contributed by atoms with E-state index in [1.54, 1.807) is 11.8 Å². The van der Waals surface area contributed by atoms with E-state index in [0.717, 1.165) is 27.7 Å². The third-order valence-corrected chi connectivity index (χ3v) is 6.31. The van der Waals surface area contributed by atoms with Gasteiger partial charge in [-0.15, -0.1) is 10.2 Å². The number of hydrogen-bond donors (Lipinski definition) is 2. The predicted octanol–water partition coefficient (Wildman–Crippen LogP) is 3.76. The highest BCUT2D eigenvalue weighted by Gasteiger charge is 2.18. The Morgan fingerprint density at radius 3 is 2.34 bits per heavy atom. The maximum Gasteiger partial charge on any atom is 0.325 e. The van der Waals surface area contributed by atoms with E-state index in [4.69, 9.17) is 0 Å². The molecule has 7 nitrogen and oxygen atoms in total. The van der Waals surface area contributed by atoms with Gasteiger partial charge in [0.2, 0.25) is 0 Å². The lowest BCUT2D eigenvalue weighted by atomic mass is 10.1. The van der Waals surface area contributed by atoms with E-state index in [2.05, 4.69) is 70.4 Å². The van der Waals surface area contributed by atoms with Crippen molar-refractivity contribution in [1.29, 1.82) is 0 Å². The molecule has 0 saturated carbocycles. The molecule has 0 unspecified atom stereocenters. The van der Waals surface area contributed by atoms with Crippen molar-refractivity contribution in [3.63, 3.8) is 0 Å². The summed E-state index contributed by atoms with van der Waals surface area (Å²) in [6, 6.07) is 14.1. The maximum absolute atomic E-state index is 11.8. The SMILES string of the molecule is Cc1ccc(C)c(CSc2nnc(Cc3cc(=O)[nH]c(=O)[nH]3)n2-c2cc(C)ccc2C)c1. The highest BCUT2D eigenvalue weighted by Crippen LogP contribution is 2.29. The Balaban J connectivity index is 1.76. The van der Waals surface area contributed by atoms with Gasteiger partial charge in [0.15, 0.2) is 5.16 Å². The molecule has 0 saturated heterocycles. The minimum absolute atomic E-state index is 0.281. The van der Waals surface area contributed by atoms with Crippen molar-refractivity contribution < 1.29 is 0 Å². The Labute approximate surface area is 190 Å². The molecule has 32 heavy (non-hydrogen) atoms. The van der Waals surface area contributed by atoms with E-state index in [1.165, 1.54) is 22.8 Å². The quantitative estimate of drug-likeness (QED) is 0.439. The average Bonchev–Trinajstić information content (AvgIpc) is 3.11. The van der Waals surface area contributed by atoms with Gasteiger partial charge in [0.25, 0.3) is 5.56 Å². The van der Waals surface area contributed by atoms with Crippen LogP contribution in [-0.4, -0.2) is 24.7 Å². The fourth-order valence-electron chi connectivity index (χ4n) is 3.59. The summed E-state index contributed by atoms with van der Waals surface area (Å²) in [6.07, 6.45) is 0.281. The van der Waals surface area contributed by atoms with Crippen LogP contribution in [0.15, 0.2) is 57.2 Å². The number of aromatic amines is 2. The standard InChI is InChI=1S/C24H25N5O2S/c1-14-5-7-16(3)18(9-14)13-32-24-28-27-21(11-19-12-22(30)26-23(31)25-19)29(24)20-10-15(2)6-8-17(20)4/h5-10,12H,11,13H2,1-4H3,(H2,25,26,30,31). The predicted molar refractivity (Wildman–Crippen MR) is 127 cm³/mol. The molecule has 0 bridgehead atoms. The van der Waals surface area contributed by atoms with Gasteiger partial charge >= 0.3 is 5.69 Å². The molecule has 2 N–H and O–H groups in total. The molecular formula is C24H25N5O2S. The van der Waals surface area contributed by atoms with Crippen LogP contribution in [0.3, 0.4) is 0 Å². The first kappa shape index (κ1) is 21.8. The van der Waals surface area contributed by atoms with Crippen LogP contribution in [0.1, 0.15) is 39.3 Å². The summed E-state index contributed by atoms with van der Waals surface area (Å²) in [5, 5.41) is 9.66. The normalized spacial score (nSPS) is 11.1. The molecule has 2 aromatic heterocycles. The van der Waals surface area contributed by atoms with Gasteiger partial charge in [-0.1, -0.05) is 47.7 Å². The largest absolute Gasteiger partial charge is 0.325 e. The van der Waals surface area contributed by atoms with Crippen molar-refractivity contribution in [3.8, 4) is 5.69 Å². The Bertz CT molecular complexity index is 1370. The third-order valence-electron chi connectivity index (χ3n) is 5.33. The first-order chi connectivity index (χ1) is 15.3. The lowest BCUT2D eigenvalue weighted by Crippen LogP contribution is -2.23. The highest BCUT2D eigenvalue weighted by atomic mass is 32.2. The average molecular weight is 448 g/mol. The van der Waals surface area contributed by atoms with E-state index in [9.17, 15) is 9.59 Å². The number of aryl methyl sites for hydroxylation is 4. The molecule has 0 aliphatic carbocycles. The van der Waals surface area contributed by atoms with Gasteiger partial charge in [-0.2, -0.15) is 0 Å². The van der Waals surface area contributed by atoms with Crippen LogP contribution < -0.4 is 11.2 Å². The van der Waals surface area contributed by atoms with Crippen molar-refractivity contribution in [2.45, 2.75) is 45.0 Å². The summed E-state index contributed by atoms with van der Waals surface area (Å²) in [6.45, 7) is 8.29. The van der Waals surface area contributed by atoms with Crippen LogP contribution in [0.2, 0.25) is 0 Å². The van der Waals surface area contributed by atoms with E-state index < -0.39 is 11.2 Å². The molecule has 0 atom stereocenters. The molecule has 164 valence electrons. The molecule has 0 radical (unpaired) electrons. The number of H-pyrrole nitrogens is 2. The first-order valence-corrected chi connectivity index (χ1v) is 11.3. The molecule has 4 aromatic rings. The maximum atomic E-state index is 11.8. The summed E-state index contributed by atoms with van der Waals surface area (Å²) in [5.74, 6) is 1.42. The number of hydrogen-bond acceptors (Lipinski definition) is 5. The lowest BCUT2D eigenvalue weighted by Gasteiger charge is -2.14. The molecule has 4 rings (SSSR count). The van der Waals surface area contributed by atoms with Crippen LogP contribution in [0.4, 0.5) is 0 Å². The zero-order valence-corrected chi connectivity index (χ0v) is 19.3. The molecule has 0 aliphatic heterocycles. The first-order valence-electron chi connectivity index (χ1n) is 10.3. The van der Waals surface area contributed by atoms with Crippen molar-refractivity contribution >= 4 is 11.8 Å². The molecule has 2 aromatic carbocycles. The van der Waals surface area contributed by atoms with Crippen LogP contribution in [0.5, 0.6) is 0 Å². The number of rotatable bonds is 6. The highest BCUT2D eigenvalue weighted by molar-refractivity contribution is 7.98. The summed E-state index contributed by atoms with van der Waals surface area (Å²) >= 11 is 1.62. The van der Waals surface area contributed by atoms with Gasteiger partial charge in [0.05, 0.1) is 5.69 Å². The van der Waals surface area contributed by atoms with E-state index in [0.29, 0.717) is 11.5 Å². The topological polar surface area (TPSA) is 96.4 Å². The van der Waals surface area contributed by atoms with Gasteiger partial charge in [-0.05, 0) is 56.0 Å². The van der Waals surface area contributed by atoms with Crippen molar-refractivity contribution in [2.75, 3.05) is 0 Å².